The lowest BCUT2D eigenvalue weighted by molar-refractivity contribution is -0.421. The van der Waals surface area contributed by atoms with Gasteiger partial charge in [0, 0.05) is 0 Å². The molecular weight excluding hydrogens is 644 g/mol. The van der Waals surface area contributed by atoms with Gasteiger partial charge in [0.15, 0.2) is 0 Å². The predicted octanol–water partition coefficient (Wildman–Crippen LogP) is 8.92. The molecule has 43 heavy (non-hydrogen) atoms. The highest BCUT2D eigenvalue weighted by Crippen LogP contribution is 2.52. The highest BCUT2D eigenvalue weighted by molar-refractivity contribution is 7.00. The molecule has 0 saturated carbocycles. The molecule has 0 aliphatic rings. The van der Waals surface area contributed by atoms with Gasteiger partial charge in [0.1, 0.15) is 11.0 Å². The topological polar surface area (TPSA) is 112 Å². The normalized spacial score (nSPS) is 13.0. The number of aromatic nitrogens is 2. The summed E-state index contributed by atoms with van der Waals surface area (Å²) in [6, 6.07) is -0.791. The van der Waals surface area contributed by atoms with Gasteiger partial charge in [-0.2, -0.15) is 61.4 Å². The Morgan fingerprint density at radius 2 is 0.767 bits per heavy atom. The fraction of sp³-hybridized carbons (Fsp3) is 0.182. The molecule has 21 heteroatoms. The summed E-state index contributed by atoms with van der Waals surface area (Å²) in [6.45, 7) is 0. The molecular formula is C22H6F12N4O4S. The van der Waals surface area contributed by atoms with E-state index >= 15 is 0 Å². The van der Waals surface area contributed by atoms with Crippen LogP contribution in [-0.2, 0) is 24.7 Å². The molecule has 0 N–H and O–H groups in total. The minimum Gasteiger partial charge on any atom is -0.258 e. The van der Waals surface area contributed by atoms with Crippen LogP contribution in [0.25, 0.3) is 33.3 Å². The van der Waals surface area contributed by atoms with Crippen LogP contribution < -0.4 is 0 Å². The highest BCUT2D eigenvalue weighted by atomic mass is 32.1. The van der Waals surface area contributed by atoms with E-state index in [9.17, 15) is 72.9 Å². The van der Waals surface area contributed by atoms with Gasteiger partial charge in [0.05, 0.1) is 55.0 Å². The summed E-state index contributed by atoms with van der Waals surface area (Å²) in [7, 11) is 0. The number of alkyl halides is 12. The first-order valence-corrected chi connectivity index (χ1v) is 11.5. The molecule has 4 aromatic rings. The second-order valence-corrected chi connectivity index (χ2v) is 9.04. The number of benzene rings is 3. The van der Waals surface area contributed by atoms with Crippen molar-refractivity contribution in [3.05, 3.63) is 78.9 Å². The maximum absolute atomic E-state index is 13.5. The lowest BCUT2D eigenvalue weighted by atomic mass is 9.90. The van der Waals surface area contributed by atoms with E-state index in [1.165, 1.54) is 0 Å². The Hall–Kier alpha value is -4.56. The van der Waals surface area contributed by atoms with E-state index in [2.05, 4.69) is 8.75 Å². The van der Waals surface area contributed by atoms with E-state index in [0.717, 1.165) is 0 Å². The van der Waals surface area contributed by atoms with E-state index in [-0.39, 0.29) is 48.1 Å². The minimum absolute atomic E-state index is 0.0163. The van der Waals surface area contributed by atoms with Crippen LogP contribution in [0.3, 0.4) is 0 Å². The quantitative estimate of drug-likeness (QED) is 0.124. The monoisotopic (exact) mass is 650 g/mol. The third kappa shape index (κ3) is 5.88. The van der Waals surface area contributed by atoms with Gasteiger partial charge in [-0.3, -0.25) is 20.2 Å². The fourth-order valence-electron chi connectivity index (χ4n) is 4.08. The second-order valence-electron chi connectivity index (χ2n) is 8.51. The summed E-state index contributed by atoms with van der Waals surface area (Å²) in [5.41, 5.74) is -18.9. The Morgan fingerprint density at radius 3 is 0.977 bits per heavy atom. The molecule has 8 nitrogen and oxygen atoms in total. The zero-order chi connectivity index (χ0) is 32.4. The lowest BCUT2D eigenvalue weighted by Crippen LogP contribution is -2.12. The standard InChI is InChI=1S/C22H6F12N4O4S/c23-19(24,25)9-1-7(2-10(5-9)20(26,27)28)13-15-16(36-43-35-15)14(18(38(41)42)17(13)37(39)40)8-3-11(21(29,30)31)6-12(4-8)22(32,33)34/h1-6H. The minimum atomic E-state index is -5.48. The average molecular weight is 650 g/mol. The van der Waals surface area contributed by atoms with Crippen LogP contribution in [0, 0.1) is 20.2 Å². The number of nitrogens with zero attached hydrogens (tertiary/aromatic N) is 4. The van der Waals surface area contributed by atoms with Crippen molar-refractivity contribution in [3.63, 3.8) is 0 Å². The molecule has 0 amide bonds. The van der Waals surface area contributed by atoms with Crippen LogP contribution in [0.1, 0.15) is 22.3 Å². The number of fused-ring (bicyclic) bond motifs is 1. The van der Waals surface area contributed by atoms with Crippen molar-refractivity contribution in [3.8, 4) is 22.3 Å². The Morgan fingerprint density at radius 1 is 0.512 bits per heavy atom. The number of nitro benzene ring substituents is 2. The first-order valence-electron chi connectivity index (χ1n) is 10.7. The summed E-state index contributed by atoms with van der Waals surface area (Å²) in [5.74, 6) is 0. The van der Waals surface area contributed by atoms with E-state index in [0.29, 0.717) is 0 Å². The molecule has 0 saturated heterocycles. The van der Waals surface area contributed by atoms with E-state index in [1.54, 1.807) is 0 Å². The molecule has 0 fully saturated rings. The second kappa shape index (κ2) is 10.0. The summed E-state index contributed by atoms with van der Waals surface area (Å²) in [6.07, 6.45) is -21.9. The Bertz CT molecular complexity index is 1600. The van der Waals surface area contributed by atoms with Crippen molar-refractivity contribution >= 4 is 34.1 Å². The third-order valence-electron chi connectivity index (χ3n) is 5.78. The van der Waals surface area contributed by atoms with E-state index in [1.807, 2.05) is 0 Å². The molecule has 0 atom stereocenters. The number of rotatable bonds is 4. The van der Waals surface area contributed by atoms with Gasteiger partial charge >= 0.3 is 36.1 Å². The average Bonchev–Trinajstić information content (AvgIpc) is 3.33. The van der Waals surface area contributed by atoms with Crippen LogP contribution in [0.4, 0.5) is 64.1 Å². The molecule has 4 rings (SSSR count). The van der Waals surface area contributed by atoms with Crippen LogP contribution >= 0.6 is 11.7 Å². The van der Waals surface area contributed by atoms with Crippen molar-refractivity contribution < 1.29 is 62.5 Å². The molecule has 1 heterocycles. The number of nitro groups is 2. The van der Waals surface area contributed by atoms with Gasteiger partial charge in [0.25, 0.3) is 0 Å². The van der Waals surface area contributed by atoms with Crippen molar-refractivity contribution in [2.45, 2.75) is 24.7 Å². The van der Waals surface area contributed by atoms with Crippen LogP contribution in [0.2, 0.25) is 0 Å². The predicted molar refractivity (Wildman–Crippen MR) is 122 cm³/mol. The van der Waals surface area contributed by atoms with Crippen molar-refractivity contribution in [2.24, 2.45) is 0 Å². The van der Waals surface area contributed by atoms with Crippen LogP contribution in [0.5, 0.6) is 0 Å². The van der Waals surface area contributed by atoms with Crippen LogP contribution in [0.15, 0.2) is 36.4 Å². The van der Waals surface area contributed by atoms with Crippen molar-refractivity contribution in [1.29, 1.82) is 0 Å². The zero-order valence-electron chi connectivity index (χ0n) is 19.8. The summed E-state index contributed by atoms with van der Waals surface area (Å²) >= 11 is 0.0163. The largest absolute Gasteiger partial charge is 0.416 e. The molecule has 1 aromatic heterocycles. The molecule has 3 aromatic carbocycles. The van der Waals surface area contributed by atoms with Crippen molar-refractivity contribution in [1.82, 2.24) is 8.75 Å². The first kappa shape index (κ1) is 31.4. The Kier molecular flexibility index (Phi) is 7.31. The molecule has 0 bridgehead atoms. The summed E-state index contributed by atoms with van der Waals surface area (Å²) in [5, 5.41) is 24.3. The summed E-state index contributed by atoms with van der Waals surface area (Å²) in [4.78, 5) is 21.0. The third-order valence-corrected chi connectivity index (χ3v) is 6.31. The molecule has 0 spiro atoms. The molecule has 228 valence electrons. The van der Waals surface area contributed by atoms with E-state index in [4.69, 9.17) is 0 Å². The van der Waals surface area contributed by atoms with Crippen molar-refractivity contribution in [2.75, 3.05) is 0 Å². The van der Waals surface area contributed by atoms with Gasteiger partial charge in [0.2, 0.25) is 0 Å². The number of halogens is 12. The molecule has 0 aliphatic heterocycles. The maximum Gasteiger partial charge on any atom is 0.416 e. The number of hydrogen-bond acceptors (Lipinski definition) is 7. The summed E-state index contributed by atoms with van der Waals surface area (Å²) < 4.78 is 169. The van der Waals surface area contributed by atoms with Crippen LogP contribution in [-0.4, -0.2) is 18.6 Å². The Labute approximate surface area is 231 Å². The maximum atomic E-state index is 13.5. The molecule has 0 unspecified atom stereocenters. The first-order chi connectivity index (χ1) is 19.5. The van der Waals surface area contributed by atoms with Gasteiger partial charge in [-0.15, -0.1) is 0 Å². The highest BCUT2D eigenvalue weighted by Gasteiger charge is 2.43. The van der Waals surface area contributed by atoms with Gasteiger partial charge in [-0.1, -0.05) is 0 Å². The van der Waals surface area contributed by atoms with Gasteiger partial charge < -0.3 is 0 Å². The SMILES string of the molecule is O=[N+]([O-])c1c([N+](=O)[O-])c(-c2cc(C(F)(F)F)cc(C(F)(F)F)c2)c2nsnc2c1-c1cc(C(F)(F)F)cc(C(F)(F)F)c1. The smallest absolute Gasteiger partial charge is 0.258 e. The molecule has 0 radical (unpaired) electrons. The fourth-order valence-corrected chi connectivity index (χ4v) is 4.64. The molecule has 0 aliphatic carbocycles. The van der Waals surface area contributed by atoms with Gasteiger partial charge in [-0.05, 0) is 47.5 Å². The van der Waals surface area contributed by atoms with Gasteiger partial charge in [-0.25, -0.2) is 0 Å². The van der Waals surface area contributed by atoms with E-state index < -0.39 is 101 Å². The number of hydrogen-bond donors (Lipinski definition) is 0. The Balaban J connectivity index is 2.26. The zero-order valence-corrected chi connectivity index (χ0v) is 20.6. The lowest BCUT2D eigenvalue weighted by Gasteiger charge is -2.16.